The van der Waals surface area contributed by atoms with E-state index in [1.54, 1.807) is 12.1 Å². The molecular formula is C14H13NO4. The van der Waals surface area contributed by atoms with Crippen LogP contribution in [0, 0.1) is 0 Å². The molecule has 0 saturated heterocycles. The number of aliphatic carboxylic acids is 1. The van der Waals surface area contributed by atoms with Gasteiger partial charge in [0, 0.05) is 11.9 Å². The zero-order valence-corrected chi connectivity index (χ0v) is 10.1. The third-order valence-corrected chi connectivity index (χ3v) is 2.56. The lowest BCUT2D eigenvalue weighted by Gasteiger charge is -2.08. The van der Waals surface area contributed by atoms with Gasteiger partial charge < -0.3 is 15.2 Å². The van der Waals surface area contributed by atoms with Crippen LogP contribution in [0.1, 0.15) is 6.42 Å². The monoisotopic (exact) mass is 259 g/mol. The van der Waals surface area contributed by atoms with Crippen molar-refractivity contribution in [3.63, 3.8) is 0 Å². The highest BCUT2D eigenvalue weighted by Crippen LogP contribution is 2.25. The molecule has 0 aliphatic heterocycles. The Morgan fingerprint density at radius 2 is 1.84 bits per heavy atom. The minimum atomic E-state index is -0.967. The summed E-state index contributed by atoms with van der Waals surface area (Å²) in [6.07, 6.45) is -0.789. The van der Waals surface area contributed by atoms with E-state index in [1.165, 1.54) is 0 Å². The quantitative estimate of drug-likeness (QED) is 0.884. The van der Waals surface area contributed by atoms with Crippen molar-refractivity contribution in [3.8, 4) is 5.75 Å². The van der Waals surface area contributed by atoms with E-state index >= 15 is 0 Å². The molecule has 2 aromatic rings. The third-order valence-electron chi connectivity index (χ3n) is 2.56. The Morgan fingerprint density at radius 3 is 2.63 bits per heavy atom. The Morgan fingerprint density at radius 1 is 1.11 bits per heavy atom. The SMILES string of the molecule is O=C(O)CCNC(=O)Oc1cccc2ccccc12. The fourth-order valence-corrected chi connectivity index (χ4v) is 1.69. The van der Waals surface area contributed by atoms with Crippen LogP contribution in [0.5, 0.6) is 5.75 Å². The number of carboxylic acid groups (broad SMARTS) is 1. The lowest BCUT2D eigenvalue weighted by atomic mass is 10.1. The standard InChI is InChI=1S/C14H13NO4/c16-13(17)8-9-15-14(18)19-12-7-3-5-10-4-1-2-6-11(10)12/h1-7H,8-9H2,(H,15,18)(H,16,17). The van der Waals surface area contributed by atoms with Crippen molar-refractivity contribution in [2.75, 3.05) is 6.54 Å². The van der Waals surface area contributed by atoms with E-state index in [0.29, 0.717) is 5.75 Å². The number of fused-ring (bicyclic) bond motifs is 1. The summed E-state index contributed by atoms with van der Waals surface area (Å²) in [5.41, 5.74) is 0. The van der Waals surface area contributed by atoms with E-state index in [4.69, 9.17) is 9.84 Å². The van der Waals surface area contributed by atoms with Gasteiger partial charge in [0.15, 0.2) is 0 Å². The number of ether oxygens (including phenoxy) is 1. The van der Waals surface area contributed by atoms with Gasteiger partial charge in [-0.3, -0.25) is 4.79 Å². The van der Waals surface area contributed by atoms with E-state index in [-0.39, 0.29) is 13.0 Å². The number of rotatable bonds is 4. The van der Waals surface area contributed by atoms with E-state index in [9.17, 15) is 9.59 Å². The molecule has 0 bridgehead atoms. The van der Waals surface area contributed by atoms with Crippen LogP contribution in [-0.2, 0) is 4.79 Å². The Balaban J connectivity index is 2.05. The van der Waals surface area contributed by atoms with Crippen molar-refractivity contribution in [1.29, 1.82) is 0 Å². The molecular weight excluding hydrogens is 246 g/mol. The summed E-state index contributed by atoms with van der Waals surface area (Å²) in [6.45, 7) is 0.0406. The maximum Gasteiger partial charge on any atom is 0.412 e. The van der Waals surface area contributed by atoms with Crippen molar-refractivity contribution >= 4 is 22.8 Å². The van der Waals surface area contributed by atoms with Crippen LogP contribution in [0.15, 0.2) is 42.5 Å². The molecule has 0 fully saturated rings. The summed E-state index contributed by atoms with van der Waals surface area (Å²) in [7, 11) is 0. The van der Waals surface area contributed by atoms with Crippen LogP contribution in [-0.4, -0.2) is 23.7 Å². The van der Waals surface area contributed by atoms with Crippen molar-refractivity contribution in [2.24, 2.45) is 0 Å². The van der Waals surface area contributed by atoms with Crippen LogP contribution in [0.3, 0.4) is 0 Å². The highest BCUT2D eigenvalue weighted by Gasteiger charge is 2.07. The lowest BCUT2D eigenvalue weighted by Crippen LogP contribution is -2.28. The molecule has 98 valence electrons. The summed E-state index contributed by atoms with van der Waals surface area (Å²) < 4.78 is 5.17. The summed E-state index contributed by atoms with van der Waals surface area (Å²) in [5, 5.41) is 12.7. The summed E-state index contributed by atoms with van der Waals surface area (Å²) in [4.78, 5) is 21.8. The fourth-order valence-electron chi connectivity index (χ4n) is 1.69. The van der Waals surface area contributed by atoms with Gasteiger partial charge >= 0.3 is 12.1 Å². The maximum absolute atomic E-state index is 11.5. The third kappa shape index (κ3) is 3.45. The zero-order valence-electron chi connectivity index (χ0n) is 10.1. The van der Waals surface area contributed by atoms with Gasteiger partial charge in [-0.25, -0.2) is 4.79 Å². The number of carbonyl (C=O) groups excluding carboxylic acids is 1. The van der Waals surface area contributed by atoms with Gasteiger partial charge in [-0.2, -0.15) is 0 Å². The highest BCUT2D eigenvalue weighted by atomic mass is 16.6. The molecule has 5 nitrogen and oxygen atoms in total. The van der Waals surface area contributed by atoms with Crippen LogP contribution < -0.4 is 10.1 Å². The molecule has 5 heteroatoms. The van der Waals surface area contributed by atoms with E-state index < -0.39 is 12.1 Å². The minimum Gasteiger partial charge on any atom is -0.481 e. The molecule has 1 amide bonds. The molecule has 19 heavy (non-hydrogen) atoms. The zero-order chi connectivity index (χ0) is 13.7. The summed E-state index contributed by atoms with van der Waals surface area (Å²) >= 11 is 0. The van der Waals surface area contributed by atoms with Gasteiger partial charge in [0.1, 0.15) is 5.75 Å². The van der Waals surface area contributed by atoms with Crippen molar-refractivity contribution < 1.29 is 19.4 Å². The van der Waals surface area contributed by atoms with Crippen LogP contribution in [0.25, 0.3) is 10.8 Å². The van der Waals surface area contributed by atoms with Crippen molar-refractivity contribution in [1.82, 2.24) is 5.32 Å². The van der Waals surface area contributed by atoms with Crippen LogP contribution >= 0.6 is 0 Å². The number of hydrogen-bond acceptors (Lipinski definition) is 3. The van der Waals surface area contributed by atoms with Gasteiger partial charge in [0.05, 0.1) is 6.42 Å². The molecule has 0 spiro atoms. The average Bonchev–Trinajstić information content (AvgIpc) is 2.39. The molecule has 0 aliphatic carbocycles. The number of hydrogen-bond donors (Lipinski definition) is 2. The second kappa shape index (κ2) is 5.86. The number of nitrogens with one attached hydrogen (secondary N) is 1. The number of amides is 1. The molecule has 0 unspecified atom stereocenters. The van der Waals surface area contributed by atoms with E-state index in [1.807, 2.05) is 30.3 Å². The second-order valence-electron chi connectivity index (χ2n) is 3.94. The molecule has 0 saturated carbocycles. The van der Waals surface area contributed by atoms with Gasteiger partial charge in [-0.05, 0) is 11.5 Å². The first-order valence-electron chi connectivity index (χ1n) is 5.82. The van der Waals surface area contributed by atoms with E-state index in [2.05, 4.69) is 5.32 Å². The van der Waals surface area contributed by atoms with Gasteiger partial charge in [-0.1, -0.05) is 36.4 Å². The topological polar surface area (TPSA) is 75.6 Å². The lowest BCUT2D eigenvalue weighted by molar-refractivity contribution is -0.136. The predicted octanol–water partition coefficient (Wildman–Crippen LogP) is 2.40. The highest BCUT2D eigenvalue weighted by molar-refractivity contribution is 5.90. The van der Waals surface area contributed by atoms with Crippen molar-refractivity contribution in [3.05, 3.63) is 42.5 Å². The average molecular weight is 259 g/mol. The van der Waals surface area contributed by atoms with Gasteiger partial charge in [0.25, 0.3) is 0 Å². The number of carbonyl (C=O) groups is 2. The van der Waals surface area contributed by atoms with Gasteiger partial charge in [-0.15, -0.1) is 0 Å². The molecule has 0 aromatic heterocycles. The maximum atomic E-state index is 11.5. The summed E-state index contributed by atoms with van der Waals surface area (Å²) in [6, 6.07) is 12.9. The molecule has 2 N–H and O–H groups in total. The van der Waals surface area contributed by atoms with Crippen molar-refractivity contribution in [2.45, 2.75) is 6.42 Å². The summed E-state index contributed by atoms with van der Waals surface area (Å²) in [5.74, 6) is -0.517. The Hall–Kier alpha value is -2.56. The minimum absolute atomic E-state index is 0.0406. The smallest absolute Gasteiger partial charge is 0.412 e. The number of benzene rings is 2. The number of carboxylic acids is 1. The first-order chi connectivity index (χ1) is 9.16. The Kier molecular flexibility index (Phi) is 3.97. The largest absolute Gasteiger partial charge is 0.481 e. The Bertz CT molecular complexity index is 604. The van der Waals surface area contributed by atoms with Crippen LogP contribution in [0.2, 0.25) is 0 Å². The van der Waals surface area contributed by atoms with Crippen LogP contribution in [0.4, 0.5) is 4.79 Å². The predicted molar refractivity (Wildman–Crippen MR) is 70.2 cm³/mol. The van der Waals surface area contributed by atoms with E-state index in [0.717, 1.165) is 10.8 Å². The molecule has 0 heterocycles. The molecule has 0 radical (unpaired) electrons. The molecule has 2 rings (SSSR count). The molecule has 2 aromatic carbocycles. The molecule has 0 atom stereocenters. The fraction of sp³-hybridized carbons (Fsp3) is 0.143. The molecule has 0 aliphatic rings. The second-order valence-corrected chi connectivity index (χ2v) is 3.94. The first kappa shape index (κ1) is 12.9. The van der Waals surface area contributed by atoms with Gasteiger partial charge in [0.2, 0.25) is 0 Å². The normalized spacial score (nSPS) is 10.1. The Labute approximate surface area is 109 Å². The first-order valence-corrected chi connectivity index (χ1v) is 5.82.